The van der Waals surface area contributed by atoms with Gasteiger partial charge in [-0.3, -0.25) is 0 Å². The standard InChI is InChI=1S/C4H6O6.Na.Sn/c5-1(3(7)8)2(6)4(9)10;;/h1-2,5-6H,(H,7,8)(H,9,10);;/q;;+2/p-2/t1-,2-;;/m1../s1. The van der Waals surface area contributed by atoms with Crippen LogP contribution in [0.1, 0.15) is 0 Å². The van der Waals surface area contributed by atoms with Crippen molar-refractivity contribution < 1.29 is 30.0 Å². The van der Waals surface area contributed by atoms with Crippen molar-refractivity contribution in [1.29, 1.82) is 0 Å². The van der Waals surface area contributed by atoms with E-state index >= 15 is 0 Å². The summed E-state index contributed by atoms with van der Waals surface area (Å²) in [6.07, 6.45) is -4.88. The number of carboxylic acid groups (broad SMARTS) is 2. The van der Waals surface area contributed by atoms with E-state index in [2.05, 4.69) is 0 Å². The van der Waals surface area contributed by atoms with Gasteiger partial charge in [-0.1, -0.05) is 0 Å². The zero-order valence-corrected chi connectivity index (χ0v) is 11.0. The van der Waals surface area contributed by atoms with Crippen molar-refractivity contribution in [3.63, 3.8) is 0 Å². The van der Waals surface area contributed by atoms with Crippen LogP contribution in [-0.4, -0.2) is 87.8 Å². The molecule has 0 rings (SSSR count). The molecule has 0 aliphatic carbocycles. The van der Waals surface area contributed by atoms with Crippen LogP contribution in [0.25, 0.3) is 0 Å². The molecule has 0 aliphatic heterocycles. The molecule has 3 radical (unpaired) electrons. The fourth-order valence-corrected chi connectivity index (χ4v) is 0.258. The van der Waals surface area contributed by atoms with Crippen molar-refractivity contribution in [1.82, 2.24) is 0 Å². The van der Waals surface area contributed by atoms with Crippen LogP contribution in [0.15, 0.2) is 0 Å². The molecule has 0 fully saturated rings. The Bertz CT molecular complexity index is 144. The van der Waals surface area contributed by atoms with E-state index in [1.807, 2.05) is 0 Å². The maximum atomic E-state index is 9.63. The summed E-state index contributed by atoms with van der Waals surface area (Å²) in [5.41, 5.74) is 0. The summed E-state index contributed by atoms with van der Waals surface area (Å²) in [5, 5.41) is 35.7. The third-order valence-corrected chi connectivity index (χ3v) is 0.782. The van der Waals surface area contributed by atoms with Gasteiger partial charge in [0, 0.05) is 29.6 Å². The van der Waals surface area contributed by atoms with E-state index in [9.17, 15) is 19.8 Å². The number of aliphatic carboxylic acids is 2. The van der Waals surface area contributed by atoms with E-state index in [1.165, 1.54) is 0 Å². The largest absolute Gasteiger partial charge is 2.00 e. The normalized spacial score (nSPS) is 13.2. The first-order valence-corrected chi connectivity index (χ1v) is 2.24. The minimum absolute atomic E-state index is 0. The first kappa shape index (κ1) is 18.4. The molecule has 61 valence electrons. The van der Waals surface area contributed by atoms with Crippen molar-refractivity contribution in [2.24, 2.45) is 0 Å². The number of aliphatic hydroxyl groups is 2. The van der Waals surface area contributed by atoms with Crippen LogP contribution in [0, 0.1) is 0 Å². The van der Waals surface area contributed by atoms with Crippen LogP contribution < -0.4 is 10.2 Å². The Kier molecular flexibility index (Phi) is 12.7. The molecule has 0 aromatic carbocycles. The zero-order chi connectivity index (χ0) is 8.31. The average molecular weight is 290 g/mol. The fourth-order valence-electron chi connectivity index (χ4n) is 0.258. The topological polar surface area (TPSA) is 121 Å². The summed E-state index contributed by atoms with van der Waals surface area (Å²) in [7, 11) is 0. The molecule has 0 aromatic heterocycles. The van der Waals surface area contributed by atoms with Gasteiger partial charge in [-0.25, -0.2) is 0 Å². The molecule has 8 heteroatoms. The number of rotatable bonds is 3. The van der Waals surface area contributed by atoms with E-state index in [-0.39, 0.29) is 53.5 Å². The number of carbonyl (C=O) groups is 2. The van der Waals surface area contributed by atoms with Gasteiger partial charge >= 0.3 is 23.9 Å². The SMILES string of the molecule is O=C([O-])[C@H](O)[C@@H](O)C(=O)[O-].[Na].[Sn+2]. The van der Waals surface area contributed by atoms with Gasteiger partial charge in [0.05, 0.1) is 11.9 Å². The summed E-state index contributed by atoms with van der Waals surface area (Å²) < 4.78 is 0. The first-order chi connectivity index (χ1) is 4.46. The minimum Gasteiger partial charge on any atom is -0.547 e. The van der Waals surface area contributed by atoms with Crippen LogP contribution in [0.3, 0.4) is 0 Å². The van der Waals surface area contributed by atoms with Crippen LogP contribution in [0.2, 0.25) is 0 Å². The van der Waals surface area contributed by atoms with Gasteiger partial charge in [-0.05, 0) is 0 Å². The van der Waals surface area contributed by atoms with E-state index in [0.29, 0.717) is 0 Å². The van der Waals surface area contributed by atoms with Gasteiger partial charge in [0.25, 0.3) is 0 Å². The Morgan fingerprint density at radius 3 is 1.25 bits per heavy atom. The van der Waals surface area contributed by atoms with Crippen molar-refractivity contribution in [3.8, 4) is 0 Å². The van der Waals surface area contributed by atoms with E-state index in [1.54, 1.807) is 0 Å². The summed E-state index contributed by atoms with van der Waals surface area (Å²) in [5.74, 6) is -4.12. The molecule has 6 nitrogen and oxygen atoms in total. The smallest absolute Gasteiger partial charge is 0.547 e. The molecule has 0 saturated carbocycles. The summed E-state index contributed by atoms with van der Waals surface area (Å²) in [6, 6.07) is 0. The second kappa shape index (κ2) is 8.27. The molecule has 0 amide bonds. The second-order valence-electron chi connectivity index (χ2n) is 1.53. The molecular weight excluding hydrogens is 286 g/mol. The van der Waals surface area contributed by atoms with Gasteiger partial charge in [-0.15, -0.1) is 0 Å². The molecule has 0 bridgehead atoms. The van der Waals surface area contributed by atoms with Crippen molar-refractivity contribution in [2.45, 2.75) is 12.2 Å². The number of carbonyl (C=O) groups excluding carboxylic acids is 2. The molecule has 0 saturated heterocycles. The number of carboxylic acids is 2. The average Bonchev–Trinajstić information content (AvgIpc) is 1.84. The summed E-state index contributed by atoms with van der Waals surface area (Å²) in [4.78, 5) is 19.3. The Balaban J connectivity index is -0.000000405. The van der Waals surface area contributed by atoms with Gasteiger partial charge in [-0.2, -0.15) is 0 Å². The minimum atomic E-state index is -2.44. The molecule has 0 heterocycles. The van der Waals surface area contributed by atoms with E-state index in [0.717, 1.165) is 0 Å². The quantitative estimate of drug-likeness (QED) is 0.500. The van der Waals surface area contributed by atoms with Crippen molar-refractivity contribution in [3.05, 3.63) is 0 Å². The molecule has 0 aliphatic rings. The monoisotopic (exact) mass is 291 g/mol. The van der Waals surface area contributed by atoms with Gasteiger partial charge in [0.15, 0.2) is 0 Å². The van der Waals surface area contributed by atoms with Gasteiger partial charge < -0.3 is 30.0 Å². The van der Waals surface area contributed by atoms with Crippen LogP contribution in [0.4, 0.5) is 0 Å². The predicted octanol–water partition coefficient (Wildman–Crippen LogP) is -5.55. The maximum absolute atomic E-state index is 9.63. The molecule has 0 aromatic rings. The summed E-state index contributed by atoms with van der Waals surface area (Å²) >= 11 is 0. The van der Waals surface area contributed by atoms with Crippen LogP contribution in [-0.2, 0) is 9.59 Å². The molecular formula is C4H4NaO6Sn. The van der Waals surface area contributed by atoms with Gasteiger partial charge in [0.1, 0.15) is 12.2 Å². The van der Waals surface area contributed by atoms with Crippen molar-refractivity contribution >= 4 is 65.4 Å². The Morgan fingerprint density at radius 2 is 1.17 bits per heavy atom. The van der Waals surface area contributed by atoms with Crippen LogP contribution >= 0.6 is 0 Å². The molecule has 12 heavy (non-hydrogen) atoms. The fraction of sp³-hybridized carbons (Fsp3) is 0.500. The number of hydrogen-bond acceptors (Lipinski definition) is 6. The second-order valence-corrected chi connectivity index (χ2v) is 1.53. The predicted molar refractivity (Wildman–Crippen MR) is 33.5 cm³/mol. The van der Waals surface area contributed by atoms with Crippen molar-refractivity contribution in [2.75, 3.05) is 0 Å². The van der Waals surface area contributed by atoms with Gasteiger partial charge in [0.2, 0.25) is 0 Å². The summed E-state index contributed by atoms with van der Waals surface area (Å²) in [6.45, 7) is 0. The third-order valence-electron chi connectivity index (χ3n) is 0.782. The first-order valence-electron chi connectivity index (χ1n) is 2.24. The Hall–Kier alpha value is 0.659. The number of hydrogen-bond donors (Lipinski definition) is 2. The maximum Gasteiger partial charge on any atom is 2.00 e. The molecule has 0 spiro atoms. The Labute approximate surface area is 107 Å². The molecule has 2 N–H and O–H groups in total. The number of aliphatic hydroxyl groups excluding tert-OH is 2. The molecule has 0 unspecified atom stereocenters. The third kappa shape index (κ3) is 6.21. The zero-order valence-electron chi connectivity index (χ0n) is 6.18. The Morgan fingerprint density at radius 1 is 1.00 bits per heavy atom. The molecule has 2 atom stereocenters. The van der Waals surface area contributed by atoms with Crippen LogP contribution in [0.5, 0.6) is 0 Å². The van der Waals surface area contributed by atoms with E-state index < -0.39 is 24.1 Å². The van der Waals surface area contributed by atoms with E-state index in [4.69, 9.17) is 10.2 Å².